The van der Waals surface area contributed by atoms with Crippen molar-refractivity contribution in [3.05, 3.63) is 80.7 Å². The fourth-order valence-electron chi connectivity index (χ4n) is 4.49. The van der Waals surface area contributed by atoms with Crippen molar-refractivity contribution in [1.29, 1.82) is 0 Å². The minimum Gasteiger partial charge on any atom is -0.512 e. The summed E-state index contributed by atoms with van der Waals surface area (Å²) < 4.78 is 0. The van der Waals surface area contributed by atoms with Crippen molar-refractivity contribution in [3.63, 3.8) is 0 Å². The van der Waals surface area contributed by atoms with Crippen LogP contribution in [0.3, 0.4) is 0 Å². The van der Waals surface area contributed by atoms with Gasteiger partial charge < -0.3 is 10.1 Å². The molecule has 0 saturated heterocycles. The highest BCUT2D eigenvalue weighted by molar-refractivity contribution is 6.35. The van der Waals surface area contributed by atoms with Crippen LogP contribution in [-0.4, -0.2) is 15.9 Å². The molecule has 1 unspecified atom stereocenters. The van der Waals surface area contributed by atoms with Crippen LogP contribution in [0.4, 0.5) is 0 Å². The number of aliphatic hydroxyl groups excluding tert-OH is 1. The number of nitrogens with one attached hydrogen (secondary N) is 1. The Morgan fingerprint density at radius 2 is 1.83 bits per heavy atom. The molecule has 1 aliphatic rings. The van der Waals surface area contributed by atoms with Gasteiger partial charge in [0.15, 0.2) is 5.78 Å². The maximum atomic E-state index is 13.3. The lowest BCUT2D eigenvalue weighted by Crippen LogP contribution is -2.29. The number of aryl methyl sites for hydroxylation is 1. The van der Waals surface area contributed by atoms with Crippen LogP contribution in [0.25, 0.3) is 10.9 Å². The summed E-state index contributed by atoms with van der Waals surface area (Å²) in [5.41, 5.74) is 3.81. The minimum absolute atomic E-state index is 0.0422. The van der Waals surface area contributed by atoms with Crippen molar-refractivity contribution < 1.29 is 9.90 Å². The molecule has 2 aromatic carbocycles. The predicted octanol–water partition coefficient (Wildman–Crippen LogP) is 7.12. The lowest BCUT2D eigenvalue weighted by atomic mass is 9.70. The maximum absolute atomic E-state index is 13.3. The molecule has 3 nitrogen and oxygen atoms in total. The topological polar surface area (TPSA) is 53.1 Å². The molecule has 150 valence electrons. The zero-order valence-electron chi connectivity index (χ0n) is 16.6. The molecule has 2 N–H and O–H groups in total. The summed E-state index contributed by atoms with van der Waals surface area (Å²) in [6, 6.07) is 13.3. The summed E-state index contributed by atoms with van der Waals surface area (Å²) in [5.74, 6) is -0.370. The second-order valence-electron chi connectivity index (χ2n) is 8.61. The number of allylic oxidation sites excluding steroid dienone is 2. The van der Waals surface area contributed by atoms with Crippen molar-refractivity contribution in [2.24, 2.45) is 5.41 Å². The third-order valence-electron chi connectivity index (χ3n) is 5.69. The molecule has 1 atom stereocenters. The second-order valence-corrected chi connectivity index (χ2v) is 9.45. The standard InChI is InChI=1S/C24H23Cl2NO2/c1-13-21(16-6-4-5-7-18(16)27-13)22(15-9-8-14(25)10-17(15)26)23-19(28)11-24(2,3)12-20(23)29/h4-10,22,27-28H,11-12H2,1-3H3. The van der Waals surface area contributed by atoms with Gasteiger partial charge in [0.05, 0.1) is 0 Å². The van der Waals surface area contributed by atoms with Crippen LogP contribution >= 0.6 is 23.2 Å². The van der Waals surface area contributed by atoms with E-state index in [4.69, 9.17) is 23.2 Å². The van der Waals surface area contributed by atoms with E-state index >= 15 is 0 Å². The first-order valence-corrected chi connectivity index (χ1v) is 10.4. The van der Waals surface area contributed by atoms with Gasteiger partial charge in [-0.1, -0.05) is 61.3 Å². The number of ketones is 1. The number of benzene rings is 2. The van der Waals surface area contributed by atoms with Crippen molar-refractivity contribution in [3.8, 4) is 0 Å². The van der Waals surface area contributed by atoms with Crippen LogP contribution in [0.5, 0.6) is 0 Å². The molecular weight excluding hydrogens is 405 g/mol. The van der Waals surface area contributed by atoms with Crippen LogP contribution in [0.2, 0.25) is 10.0 Å². The van der Waals surface area contributed by atoms with E-state index in [-0.39, 0.29) is 17.0 Å². The third kappa shape index (κ3) is 3.58. The van der Waals surface area contributed by atoms with Gasteiger partial charge in [0, 0.05) is 51.0 Å². The number of aromatic nitrogens is 1. The average molecular weight is 428 g/mol. The number of H-pyrrole nitrogens is 1. The molecule has 0 spiro atoms. The fraction of sp³-hybridized carbons (Fsp3) is 0.292. The Bertz CT molecular complexity index is 1160. The summed E-state index contributed by atoms with van der Waals surface area (Å²) in [7, 11) is 0. The number of hydrogen-bond acceptors (Lipinski definition) is 2. The van der Waals surface area contributed by atoms with Gasteiger partial charge in [0.2, 0.25) is 0 Å². The van der Waals surface area contributed by atoms with E-state index in [0.29, 0.717) is 28.5 Å². The number of aromatic amines is 1. The minimum atomic E-state index is -0.473. The smallest absolute Gasteiger partial charge is 0.163 e. The van der Waals surface area contributed by atoms with Gasteiger partial charge >= 0.3 is 0 Å². The number of aliphatic hydroxyl groups is 1. The van der Waals surface area contributed by atoms with Gasteiger partial charge in [-0.25, -0.2) is 0 Å². The molecule has 0 amide bonds. The molecule has 0 radical (unpaired) electrons. The SMILES string of the molecule is Cc1[nH]c2ccccc2c1C(C1=C(O)CC(C)(C)CC1=O)c1ccc(Cl)cc1Cl. The lowest BCUT2D eigenvalue weighted by molar-refractivity contribution is -0.118. The number of fused-ring (bicyclic) bond motifs is 1. The fourth-order valence-corrected chi connectivity index (χ4v) is 5.01. The van der Waals surface area contributed by atoms with E-state index in [9.17, 15) is 9.90 Å². The highest BCUT2D eigenvalue weighted by atomic mass is 35.5. The highest BCUT2D eigenvalue weighted by Crippen LogP contribution is 2.47. The Morgan fingerprint density at radius 3 is 2.52 bits per heavy atom. The normalized spacial score (nSPS) is 17.8. The van der Waals surface area contributed by atoms with Crippen molar-refractivity contribution in [1.82, 2.24) is 4.98 Å². The third-order valence-corrected chi connectivity index (χ3v) is 6.25. The predicted molar refractivity (Wildman–Crippen MR) is 119 cm³/mol. The van der Waals surface area contributed by atoms with Crippen LogP contribution in [0.15, 0.2) is 53.8 Å². The van der Waals surface area contributed by atoms with Crippen molar-refractivity contribution >= 4 is 39.9 Å². The Morgan fingerprint density at radius 1 is 1.10 bits per heavy atom. The number of para-hydroxylation sites is 1. The zero-order chi connectivity index (χ0) is 20.9. The summed E-state index contributed by atoms with van der Waals surface area (Å²) in [6.07, 6.45) is 0.840. The zero-order valence-corrected chi connectivity index (χ0v) is 18.2. The first kappa shape index (κ1) is 20.1. The molecule has 0 aliphatic heterocycles. The van der Waals surface area contributed by atoms with Crippen LogP contribution in [0.1, 0.15) is 49.4 Å². The average Bonchev–Trinajstić information content (AvgIpc) is 2.93. The van der Waals surface area contributed by atoms with Crippen molar-refractivity contribution in [2.75, 3.05) is 0 Å². The van der Waals surface area contributed by atoms with E-state index in [0.717, 1.165) is 27.7 Å². The molecule has 1 heterocycles. The highest BCUT2D eigenvalue weighted by Gasteiger charge is 2.39. The first-order chi connectivity index (χ1) is 13.7. The van der Waals surface area contributed by atoms with Gasteiger partial charge in [-0.2, -0.15) is 0 Å². The summed E-state index contributed by atoms with van der Waals surface area (Å²) in [4.78, 5) is 16.7. The molecule has 5 heteroatoms. The van der Waals surface area contributed by atoms with Crippen LogP contribution < -0.4 is 0 Å². The van der Waals surface area contributed by atoms with Crippen molar-refractivity contribution in [2.45, 2.75) is 39.5 Å². The molecule has 1 aromatic heterocycles. The van der Waals surface area contributed by atoms with Crippen LogP contribution in [-0.2, 0) is 4.79 Å². The second kappa shape index (κ2) is 7.23. The van der Waals surface area contributed by atoms with Crippen LogP contribution in [0, 0.1) is 12.3 Å². The Kier molecular flexibility index (Phi) is 5.00. The molecule has 1 aliphatic carbocycles. The quantitative estimate of drug-likeness (QED) is 0.467. The van der Waals surface area contributed by atoms with E-state index in [1.54, 1.807) is 12.1 Å². The number of carbonyl (C=O) groups is 1. The summed E-state index contributed by atoms with van der Waals surface area (Å²) >= 11 is 12.7. The molecule has 0 fully saturated rings. The number of halogens is 2. The van der Waals surface area contributed by atoms with Gasteiger partial charge in [-0.05, 0) is 41.7 Å². The molecule has 3 aromatic rings. The monoisotopic (exact) mass is 427 g/mol. The van der Waals surface area contributed by atoms with Gasteiger partial charge in [0.1, 0.15) is 5.76 Å². The van der Waals surface area contributed by atoms with Gasteiger partial charge in [-0.3, -0.25) is 4.79 Å². The van der Waals surface area contributed by atoms with E-state index in [1.165, 1.54) is 0 Å². The van der Waals surface area contributed by atoms with Gasteiger partial charge in [0.25, 0.3) is 0 Å². The number of Topliss-reactive ketones (excluding diaryl/α,β-unsaturated/α-hetero) is 1. The number of hydrogen-bond donors (Lipinski definition) is 2. The Hall–Kier alpha value is -2.23. The van der Waals surface area contributed by atoms with E-state index < -0.39 is 5.92 Å². The van der Waals surface area contributed by atoms with E-state index in [1.807, 2.05) is 51.1 Å². The molecular formula is C24H23Cl2NO2. The van der Waals surface area contributed by atoms with E-state index in [2.05, 4.69) is 4.98 Å². The molecule has 0 bridgehead atoms. The lowest BCUT2D eigenvalue weighted by Gasteiger charge is -2.33. The maximum Gasteiger partial charge on any atom is 0.163 e. The largest absolute Gasteiger partial charge is 0.512 e. The first-order valence-electron chi connectivity index (χ1n) is 9.65. The Labute approximate surface area is 180 Å². The number of rotatable bonds is 3. The molecule has 4 rings (SSSR count). The van der Waals surface area contributed by atoms with Gasteiger partial charge in [-0.15, -0.1) is 0 Å². The molecule has 29 heavy (non-hydrogen) atoms. The summed E-state index contributed by atoms with van der Waals surface area (Å²) in [5, 5.41) is 13.0. The molecule has 0 saturated carbocycles. The number of carbonyl (C=O) groups excluding carboxylic acids is 1. The summed E-state index contributed by atoms with van der Waals surface area (Å²) in [6.45, 7) is 5.99. The Balaban J connectivity index is 2.03.